The Morgan fingerprint density at radius 2 is 2.12 bits per heavy atom. The molecule has 3 N–H and O–H groups in total. The third-order valence-electron chi connectivity index (χ3n) is 2.58. The van der Waals surface area contributed by atoms with Crippen molar-refractivity contribution >= 4 is 5.97 Å². The van der Waals surface area contributed by atoms with Gasteiger partial charge in [0.25, 0.3) is 0 Å². The molecular weight excluding hydrogens is 225 g/mol. The maximum absolute atomic E-state index is 13.4. The normalized spacial score (nSPS) is 16.2. The standard InChI is InChI=1S/C12H16FNO3/c1-8(9-5-3-4-6-10(9)13)14-7-12(2,17)11(15)16/h3-6,8,14,17H,7H2,1-2H3,(H,15,16)/t8-,12?/m1/s1. The minimum absolute atomic E-state index is 0.155. The number of carbonyl (C=O) groups is 1. The molecule has 1 aromatic rings. The van der Waals surface area contributed by atoms with Gasteiger partial charge in [0.15, 0.2) is 5.60 Å². The zero-order valence-electron chi connectivity index (χ0n) is 9.77. The van der Waals surface area contributed by atoms with Gasteiger partial charge < -0.3 is 15.5 Å². The minimum Gasteiger partial charge on any atom is -0.479 e. The first kappa shape index (κ1) is 13.6. The Hall–Kier alpha value is -1.46. The number of hydrogen-bond donors (Lipinski definition) is 3. The number of benzene rings is 1. The van der Waals surface area contributed by atoms with Gasteiger partial charge in [0.1, 0.15) is 5.82 Å². The van der Waals surface area contributed by atoms with Gasteiger partial charge in [0.2, 0.25) is 0 Å². The Morgan fingerprint density at radius 3 is 2.65 bits per heavy atom. The molecule has 0 fully saturated rings. The molecule has 2 atom stereocenters. The molecule has 0 aromatic heterocycles. The number of aliphatic carboxylic acids is 1. The summed E-state index contributed by atoms with van der Waals surface area (Å²) in [6.07, 6.45) is 0. The van der Waals surface area contributed by atoms with Crippen LogP contribution < -0.4 is 5.32 Å². The van der Waals surface area contributed by atoms with Gasteiger partial charge in [0, 0.05) is 18.2 Å². The smallest absolute Gasteiger partial charge is 0.336 e. The number of halogens is 1. The second-order valence-corrected chi connectivity index (χ2v) is 4.20. The molecule has 0 aliphatic heterocycles. The number of hydrogen-bond acceptors (Lipinski definition) is 3. The fourth-order valence-electron chi connectivity index (χ4n) is 1.36. The number of carboxylic acid groups (broad SMARTS) is 1. The second-order valence-electron chi connectivity index (χ2n) is 4.20. The summed E-state index contributed by atoms with van der Waals surface area (Å²) in [7, 11) is 0. The highest BCUT2D eigenvalue weighted by atomic mass is 19.1. The van der Waals surface area contributed by atoms with Crippen molar-refractivity contribution < 1.29 is 19.4 Å². The summed E-state index contributed by atoms with van der Waals surface area (Å²) in [5, 5.41) is 21.0. The Balaban J connectivity index is 2.65. The molecule has 0 amide bonds. The summed E-state index contributed by atoms with van der Waals surface area (Å²) in [4.78, 5) is 10.7. The minimum atomic E-state index is -1.86. The summed E-state index contributed by atoms with van der Waals surface area (Å²) < 4.78 is 13.4. The molecule has 0 aliphatic carbocycles. The summed E-state index contributed by atoms with van der Waals surface area (Å²) in [5.74, 6) is -1.67. The first-order chi connectivity index (χ1) is 7.84. The Labute approximate surface area is 99.1 Å². The Morgan fingerprint density at radius 1 is 1.53 bits per heavy atom. The lowest BCUT2D eigenvalue weighted by Gasteiger charge is -2.22. The van der Waals surface area contributed by atoms with Gasteiger partial charge in [-0.1, -0.05) is 18.2 Å². The Kier molecular flexibility index (Phi) is 4.20. The quantitative estimate of drug-likeness (QED) is 0.727. The summed E-state index contributed by atoms with van der Waals surface area (Å²) >= 11 is 0. The molecule has 0 heterocycles. The van der Waals surface area contributed by atoms with Crippen molar-refractivity contribution in [1.82, 2.24) is 5.32 Å². The second kappa shape index (κ2) is 5.25. The summed E-state index contributed by atoms with van der Waals surface area (Å²) in [5.41, 5.74) is -1.42. The molecule has 1 aromatic carbocycles. The van der Waals surface area contributed by atoms with Gasteiger partial charge in [-0.15, -0.1) is 0 Å². The van der Waals surface area contributed by atoms with Crippen molar-refractivity contribution in [3.05, 3.63) is 35.6 Å². The van der Waals surface area contributed by atoms with Crippen molar-refractivity contribution in [3.63, 3.8) is 0 Å². The highest BCUT2D eigenvalue weighted by molar-refractivity contribution is 5.76. The molecule has 0 saturated carbocycles. The fourth-order valence-corrected chi connectivity index (χ4v) is 1.36. The van der Waals surface area contributed by atoms with Crippen molar-refractivity contribution in [1.29, 1.82) is 0 Å². The first-order valence-corrected chi connectivity index (χ1v) is 5.28. The van der Waals surface area contributed by atoms with E-state index in [4.69, 9.17) is 5.11 Å². The van der Waals surface area contributed by atoms with Crippen LogP contribution in [0.15, 0.2) is 24.3 Å². The lowest BCUT2D eigenvalue weighted by atomic mass is 10.0. The molecule has 0 radical (unpaired) electrons. The van der Waals surface area contributed by atoms with Gasteiger partial charge in [-0.05, 0) is 19.9 Å². The van der Waals surface area contributed by atoms with E-state index in [-0.39, 0.29) is 18.4 Å². The number of rotatable bonds is 5. The SMILES string of the molecule is C[C@@H](NCC(C)(O)C(=O)O)c1ccccc1F. The number of carboxylic acids is 1. The van der Waals surface area contributed by atoms with Crippen LogP contribution in [-0.4, -0.2) is 28.3 Å². The lowest BCUT2D eigenvalue weighted by molar-refractivity contribution is -0.156. The van der Waals surface area contributed by atoms with Gasteiger partial charge in [-0.2, -0.15) is 0 Å². The van der Waals surface area contributed by atoms with Crippen molar-refractivity contribution in [2.24, 2.45) is 0 Å². The largest absolute Gasteiger partial charge is 0.479 e. The molecule has 0 aliphatic rings. The van der Waals surface area contributed by atoms with Gasteiger partial charge in [-0.3, -0.25) is 0 Å². The maximum Gasteiger partial charge on any atom is 0.336 e. The predicted molar refractivity (Wildman–Crippen MR) is 61.1 cm³/mol. The van der Waals surface area contributed by atoms with E-state index in [1.54, 1.807) is 25.1 Å². The highest BCUT2D eigenvalue weighted by Gasteiger charge is 2.30. The monoisotopic (exact) mass is 241 g/mol. The number of aliphatic hydroxyl groups is 1. The third-order valence-corrected chi connectivity index (χ3v) is 2.58. The highest BCUT2D eigenvalue weighted by Crippen LogP contribution is 2.16. The molecule has 17 heavy (non-hydrogen) atoms. The van der Waals surface area contributed by atoms with E-state index in [1.807, 2.05) is 0 Å². The van der Waals surface area contributed by atoms with Crippen LogP contribution in [0.5, 0.6) is 0 Å². The molecule has 0 bridgehead atoms. The summed E-state index contributed by atoms with van der Waals surface area (Å²) in [6.45, 7) is 2.74. The summed E-state index contributed by atoms with van der Waals surface area (Å²) in [6, 6.07) is 5.86. The molecule has 1 unspecified atom stereocenters. The molecule has 1 rings (SSSR count). The molecule has 5 heteroatoms. The average molecular weight is 241 g/mol. The Bertz CT molecular complexity index is 406. The van der Waals surface area contributed by atoms with E-state index in [0.717, 1.165) is 0 Å². The van der Waals surface area contributed by atoms with Gasteiger partial charge in [-0.25, -0.2) is 9.18 Å². The van der Waals surface area contributed by atoms with Crippen LogP contribution in [0.1, 0.15) is 25.5 Å². The fraction of sp³-hybridized carbons (Fsp3) is 0.417. The van der Waals surface area contributed by atoms with Crippen LogP contribution in [-0.2, 0) is 4.79 Å². The van der Waals surface area contributed by atoms with Crippen molar-refractivity contribution in [2.75, 3.05) is 6.54 Å². The van der Waals surface area contributed by atoms with Crippen LogP contribution in [0.2, 0.25) is 0 Å². The molecule has 4 nitrogen and oxygen atoms in total. The molecule has 0 spiro atoms. The van der Waals surface area contributed by atoms with Crippen LogP contribution in [0.4, 0.5) is 4.39 Å². The zero-order chi connectivity index (χ0) is 13.1. The number of nitrogens with one attached hydrogen (secondary N) is 1. The van der Waals surface area contributed by atoms with E-state index in [1.165, 1.54) is 13.0 Å². The van der Waals surface area contributed by atoms with E-state index in [2.05, 4.69) is 5.32 Å². The van der Waals surface area contributed by atoms with Crippen LogP contribution in [0.3, 0.4) is 0 Å². The maximum atomic E-state index is 13.4. The zero-order valence-corrected chi connectivity index (χ0v) is 9.77. The molecule has 0 saturated heterocycles. The van der Waals surface area contributed by atoms with E-state index < -0.39 is 11.6 Å². The van der Waals surface area contributed by atoms with Gasteiger partial charge in [0.05, 0.1) is 0 Å². The van der Waals surface area contributed by atoms with Crippen molar-refractivity contribution in [2.45, 2.75) is 25.5 Å². The predicted octanol–water partition coefficient (Wildman–Crippen LogP) is 1.31. The van der Waals surface area contributed by atoms with E-state index in [0.29, 0.717) is 5.56 Å². The van der Waals surface area contributed by atoms with E-state index >= 15 is 0 Å². The van der Waals surface area contributed by atoms with Crippen LogP contribution in [0, 0.1) is 5.82 Å². The topological polar surface area (TPSA) is 69.6 Å². The molecule has 94 valence electrons. The first-order valence-electron chi connectivity index (χ1n) is 5.28. The lowest BCUT2D eigenvalue weighted by Crippen LogP contribution is -2.45. The van der Waals surface area contributed by atoms with Crippen molar-refractivity contribution in [3.8, 4) is 0 Å². The third kappa shape index (κ3) is 3.51. The molecular formula is C12H16FNO3. The van der Waals surface area contributed by atoms with Crippen LogP contribution >= 0.6 is 0 Å². The van der Waals surface area contributed by atoms with Gasteiger partial charge >= 0.3 is 5.97 Å². The average Bonchev–Trinajstić information content (AvgIpc) is 2.26. The van der Waals surface area contributed by atoms with Crippen LogP contribution in [0.25, 0.3) is 0 Å². The van der Waals surface area contributed by atoms with E-state index in [9.17, 15) is 14.3 Å².